The molecule has 3 aliphatic rings. The maximum Gasteiger partial charge on any atom is 0.362 e. The van der Waals surface area contributed by atoms with Crippen LogP contribution in [0.1, 0.15) is 37.1 Å². The van der Waals surface area contributed by atoms with E-state index in [0.29, 0.717) is 12.2 Å². The van der Waals surface area contributed by atoms with Gasteiger partial charge in [-0.05, 0) is 12.8 Å². The minimum absolute atomic E-state index is 0.0433. The van der Waals surface area contributed by atoms with E-state index in [4.69, 9.17) is 16.3 Å². The molecule has 0 spiro atoms. The Labute approximate surface area is 237 Å². The third-order valence-electron chi connectivity index (χ3n) is 7.04. The number of hydrogen-bond acceptors (Lipinski definition) is 14. The lowest BCUT2D eigenvalue weighted by molar-refractivity contribution is -0.153. The zero-order chi connectivity index (χ0) is 29.5. The number of rotatable bonds is 11. The van der Waals surface area contributed by atoms with E-state index in [1.807, 2.05) is 0 Å². The first-order chi connectivity index (χ1) is 19.4. The van der Waals surface area contributed by atoms with E-state index < -0.39 is 51.5 Å². The van der Waals surface area contributed by atoms with Crippen molar-refractivity contribution in [2.24, 2.45) is 10.9 Å². The van der Waals surface area contributed by atoms with Crippen molar-refractivity contribution >= 4 is 50.3 Å². The molecule has 3 fully saturated rings. The molecule has 2 aromatic heterocycles. The van der Waals surface area contributed by atoms with Crippen LogP contribution < -0.4 is 16.8 Å². The largest absolute Gasteiger partial charge is 0.478 e. The van der Waals surface area contributed by atoms with Crippen molar-refractivity contribution in [2.75, 3.05) is 18.8 Å². The number of anilines is 1. The summed E-state index contributed by atoms with van der Waals surface area (Å²) in [6.45, 7) is 1.80. The fourth-order valence-electron chi connectivity index (χ4n) is 4.54. The number of carbonyl (C=O) groups excluding carboxylic acids is 2. The van der Waals surface area contributed by atoms with Crippen molar-refractivity contribution in [1.29, 1.82) is 0 Å². The second kappa shape index (κ2) is 10.9. The summed E-state index contributed by atoms with van der Waals surface area (Å²) in [4.78, 5) is 49.9. The van der Waals surface area contributed by atoms with E-state index in [1.54, 1.807) is 0 Å². The molecule has 0 aromatic carbocycles. The van der Waals surface area contributed by atoms with Crippen LogP contribution in [0, 0.1) is 0 Å². The molecule has 2 saturated heterocycles. The molecule has 2 aliphatic heterocycles. The highest BCUT2D eigenvalue weighted by atomic mass is 32.2. The number of nitrogen functional groups attached to an aromatic ring is 1. The van der Waals surface area contributed by atoms with Gasteiger partial charge in [-0.15, -0.1) is 11.3 Å². The molecule has 2 amide bonds. The molecule has 41 heavy (non-hydrogen) atoms. The highest BCUT2D eigenvalue weighted by Gasteiger charge is 2.56. The lowest BCUT2D eigenvalue weighted by Crippen LogP contribution is -2.73. The number of likely N-dealkylation sites (tertiary alicyclic amines) is 1. The molecule has 4 heterocycles. The zero-order valence-electron chi connectivity index (χ0n) is 21.5. The summed E-state index contributed by atoms with van der Waals surface area (Å²) in [5.41, 5.74) is 10.1. The molecule has 2 aromatic rings. The number of nitrogens with zero attached hydrogens (tertiary/aromatic N) is 7. The van der Waals surface area contributed by atoms with Crippen LogP contribution in [0.15, 0.2) is 16.7 Å². The standard InChI is InChI=1S/C21H28N10O8S2/c22-11-1-5-29(6-2-11)8-12-7-24-30(27-12)9-14-16(18(33)31(14)41(36,37)38)26-17(32)15(13-10-40-20(23)25-13)28-39-21(3-4-21)19(34)35/h7,10-11,14,16H,1-6,8-9,22H2,(H2,23,25)(H,26,32)(H,34,35)(H,36,37,38)/t14-,16-/m0/s1. The van der Waals surface area contributed by atoms with Gasteiger partial charge < -0.3 is 26.7 Å². The second-order valence-electron chi connectivity index (χ2n) is 10.0. The van der Waals surface area contributed by atoms with Crippen LogP contribution in [0.3, 0.4) is 0 Å². The fraction of sp³-hybridized carbons (Fsp3) is 0.571. The normalized spacial score (nSPS) is 23.2. The second-order valence-corrected chi connectivity index (χ2v) is 12.2. The molecule has 2 atom stereocenters. The van der Waals surface area contributed by atoms with E-state index in [0.717, 1.165) is 37.3 Å². The summed E-state index contributed by atoms with van der Waals surface area (Å²) in [7, 11) is -4.98. The van der Waals surface area contributed by atoms with Crippen LogP contribution >= 0.6 is 11.3 Å². The number of carboxylic acid groups (broad SMARTS) is 1. The Balaban J connectivity index is 1.32. The minimum atomic E-state index is -4.98. The number of aliphatic carboxylic acids is 1. The van der Waals surface area contributed by atoms with E-state index >= 15 is 0 Å². The van der Waals surface area contributed by atoms with Gasteiger partial charge in [0, 0.05) is 43.9 Å². The molecule has 0 unspecified atom stereocenters. The van der Waals surface area contributed by atoms with Gasteiger partial charge in [0.2, 0.25) is 5.60 Å². The number of β-lactam (4-membered cyclic amide) rings is 1. The number of amides is 2. The minimum Gasteiger partial charge on any atom is -0.478 e. The van der Waals surface area contributed by atoms with Gasteiger partial charge in [-0.3, -0.25) is 19.0 Å². The molecule has 18 nitrogen and oxygen atoms in total. The summed E-state index contributed by atoms with van der Waals surface area (Å²) in [6.07, 6.45) is 3.56. The molecule has 1 aliphatic carbocycles. The van der Waals surface area contributed by atoms with E-state index in [1.165, 1.54) is 16.4 Å². The first kappa shape index (κ1) is 28.8. The summed E-state index contributed by atoms with van der Waals surface area (Å²) in [5, 5.41) is 25.4. The lowest BCUT2D eigenvalue weighted by atomic mass is 9.98. The molecule has 222 valence electrons. The smallest absolute Gasteiger partial charge is 0.362 e. The molecule has 20 heteroatoms. The summed E-state index contributed by atoms with van der Waals surface area (Å²) in [5.74, 6) is -3.37. The third-order valence-corrected chi connectivity index (χ3v) is 8.66. The van der Waals surface area contributed by atoms with Crippen LogP contribution in [0.25, 0.3) is 0 Å². The number of carbonyl (C=O) groups is 3. The molecule has 0 bridgehead atoms. The van der Waals surface area contributed by atoms with Gasteiger partial charge in [-0.2, -0.15) is 23.4 Å². The molecular formula is C21H28N10O8S2. The number of nitrogens with one attached hydrogen (secondary N) is 1. The van der Waals surface area contributed by atoms with Gasteiger partial charge in [0.1, 0.15) is 17.8 Å². The maximum absolute atomic E-state index is 13.2. The van der Waals surface area contributed by atoms with Crippen LogP contribution in [-0.2, 0) is 42.6 Å². The number of thiazole rings is 1. The molecule has 0 radical (unpaired) electrons. The SMILES string of the molecule is Nc1nc(C(=NOC2(C(=O)O)CC2)C(=O)N[C@@H]2C(=O)N(S(=O)(=O)O)[C@H]2Cn2ncc(CN3CCC(N)CC3)n2)cs1. The van der Waals surface area contributed by atoms with E-state index in [-0.39, 0.29) is 40.6 Å². The monoisotopic (exact) mass is 612 g/mol. The molecule has 1 saturated carbocycles. The predicted molar refractivity (Wildman–Crippen MR) is 140 cm³/mol. The van der Waals surface area contributed by atoms with Crippen molar-refractivity contribution in [3.63, 3.8) is 0 Å². The van der Waals surface area contributed by atoms with Crippen LogP contribution in [0.5, 0.6) is 0 Å². The zero-order valence-corrected chi connectivity index (χ0v) is 23.1. The van der Waals surface area contributed by atoms with Gasteiger partial charge >= 0.3 is 16.3 Å². The van der Waals surface area contributed by atoms with Crippen molar-refractivity contribution in [3.05, 3.63) is 23.0 Å². The van der Waals surface area contributed by atoms with Gasteiger partial charge in [-0.1, -0.05) is 5.16 Å². The number of aromatic nitrogens is 4. The van der Waals surface area contributed by atoms with Gasteiger partial charge in [0.15, 0.2) is 10.8 Å². The fourth-order valence-corrected chi connectivity index (χ4v) is 5.96. The first-order valence-electron chi connectivity index (χ1n) is 12.6. The van der Waals surface area contributed by atoms with Crippen molar-refractivity contribution in [2.45, 2.75) is 62.5 Å². The Morgan fingerprint density at radius 1 is 1.29 bits per heavy atom. The van der Waals surface area contributed by atoms with Crippen molar-refractivity contribution < 1.29 is 37.3 Å². The Hall–Kier alpha value is -3.72. The van der Waals surface area contributed by atoms with Crippen molar-refractivity contribution in [1.82, 2.24) is 34.5 Å². The van der Waals surface area contributed by atoms with E-state index in [9.17, 15) is 32.5 Å². The lowest BCUT2D eigenvalue weighted by Gasteiger charge is -2.43. The average Bonchev–Trinajstić information content (AvgIpc) is 3.38. The van der Waals surface area contributed by atoms with Crippen LogP contribution in [0.2, 0.25) is 0 Å². The highest BCUT2D eigenvalue weighted by Crippen LogP contribution is 2.40. The summed E-state index contributed by atoms with van der Waals surface area (Å²) in [6, 6.07) is -2.56. The predicted octanol–water partition coefficient (Wildman–Crippen LogP) is -2.22. The maximum atomic E-state index is 13.2. The number of hydrogen-bond donors (Lipinski definition) is 5. The van der Waals surface area contributed by atoms with Gasteiger partial charge in [0.25, 0.3) is 11.8 Å². The Morgan fingerprint density at radius 3 is 2.59 bits per heavy atom. The number of carboxylic acids is 1. The number of piperidine rings is 1. The number of oxime groups is 1. The quantitative estimate of drug-likeness (QED) is 0.0779. The van der Waals surface area contributed by atoms with Crippen molar-refractivity contribution in [3.8, 4) is 0 Å². The average molecular weight is 613 g/mol. The van der Waals surface area contributed by atoms with Crippen LogP contribution in [0.4, 0.5) is 5.13 Å². The molecular weight excluding hydrogens is 584 g/mol. The molecule has 5 rings (SSSR count). The van der Waals surface area contributed by atoms with Gasteiger partial charge in [-0.25, -0.2) is 14.1 Å². The Morgan fingerprint density at radius 2 is 2.00 bits per heavy atom. The molecule has 7 N–H and O–H groups in total. The third kappa shape index (κ3) is 6.15. The topological polar surface area (TPSA) is 262 Å². The van der Waals surface area contributed by atoms with E-state index in [2.05, 4.69) is 30.6 Å². The number of nitrogens with two attached hydrogens (primary N) is 2. The van der Waals surface area contributed by atoms with Crippen LogP contribution in [-0.4, -0.2) is 108 Å². The Bertz CT molecular complexity index is 1480. The first-order valence-corrected chi connectivity index (χ1v) is 14.8. The summed E-state index contributed by atoms with van der Waals surface area (Å²) < 4.78 is 33.8. The summed E-state index contributed by atoms with van der Waals surface area (Å²) >= 11 is 0.982. The van der Waals surface area contributed by atoms with Gasteiger partial charge in [0.05, 0.1) is 18.4 Å². The Kier molecular flexibility index (Phi) is 7.68. The highest BCUT2D eigenvalue weighted by molar-refractivity contribution is 7.84.